The molecule has 3 heteroatoms. The molecule has 20 heavy (non-hydrogen) atoms. The predicted octanol–water partition coefficient (Wildman–Crippen LogP) is 2.24. The zero-order valence-corrected chi connectivity index (χ0v) is 12.7. The number of fused-ring (bicyclic) bond motifs is 1. The van der Waals surface area contributed by atoms with Crippen molar-refractivity contribution < 1.29 is 4.74 Å². The highest BCUT2D eigenvalue weighted by atomic mass is 16.5. The highest BCUT2D eigenvalue weighted by Gasteiger charge is 2.28. The zero-order valence-electron chi connectivity index (χ0n) is 12.7. The standard InChI is InChI=1S/C17H26N2O/c1-3-17(2)13-19(10-8-18-17)9-6-14-4-5-16-15(12-14)7-11-20-16/h4-5,12,18H,3,6-11,13H2,1-2H3. The van der Waals surface area contributed by atoms with Gasteiger partial charge >= 0.3 is 0 Å². The largest absolute Gasteiger partial charge is 0.493 e. The fraction of sp³-hybridized carbons (Fsp3) is 0.647. The van der Waals surface area contributed by atoms with E-state index in [2.05, 4.69) is 42.3 Å². The molecule has 2 aliphatic heterocycles. The molecule has 2 aliphatic rings. The Morgan fingerprint density at radius 2 is 2.30 bits per heavy atom. The van der Waals surface area contributed by atoms with Crippen LogP contribution in [0.1, 0.15) is 31.4 Å². The molecule has 1 saturated heterocycles. The Balaban J connectivity index is 1.57. The van der Waals surface area contributed by atoms with Crippen molar-refractivity contribution in [2.75, 3.05) is 32.8 Å². The topological polar surface area (TPSA) is 24.5 Å². The number of benzene rings is 1. The van der Waals surface area contributed by atoms with Gasteiger partial charge in [-0.1, -0.05) is 19.1 Å². The van der Waals surface area contributed by atoms with Gasteiger partial charge in [-0.15, -0.1) is 0 Å². The Kier molecular flexibility index (Phi) is 3.99. The van der Waals surface area contributed by atoms with E-state index in [9.17, 15) is 0 Å². The molecule has 3 rings (SSSR count). The normalized spacial score (nSPS) is 26.3. The van der Waals surface area contributed by atoms with E-state index in [-0.39, 0.29) is 0 Å². The first-order valence-electron chi connectivity index (χ1n) is 7.90. The minimum Gasteiger partial charge on any atom is -0.493 e. The van der Waals surface area contributed by atoms with Gasteiger partial charge in [-0.2, -0.15) is 0 Å². The molecule has 110 valence electrons. The third kappa shape index (κ3) is 2.99. The molecule has 1 aromatic carbocycles. The van der Waals surface area contributed by atoms with Gasteiger partial charge in [0.2, 0.25) is 0 Å². The maximum absolute atomic E-state index is 5.57. The number of piperazine rings is 1. The van der Waals surface area contributed by atoms with Crippen molar-refractivity contribution in [2.24, 2.45) is 0 Å². The van der Waals surface area contributed by atoms with Gasteiger partial charge in [-0.25, -0.2) is 0 Å². The molecule has 1 fully saturated rings. The van der Waals surface area contributed by atoms with E-state index >= 15 is 0 Å². The summed E-state index contributed by atoms with van der Waals surface area (Å²) in [6.45, 7) is 10.1. The summed E-state index contributed by atoms with van der Waals surface area (Å²) in [4.78, 5) is 2.60. The number of rotatable bonds is 4. The van der Waals surface area contributed by atoms with Crippen molar-refractivity contribution in [3.63, 3.8) is 0 Å². The van der Waals surface area contributed by atoms with Crippen LogP contribution in [0.15, 0.2) is 18.2 Å². The molecular formula is C17H26N2O. The summed E-state index contributed by atoms with van der Waals surface area (Å²) in [7, 11) is 0. The molecule has 0 aromatic heterocycles. The Hall–Kier alpha value is -1.06. The predicted molar refractivity (Wildman–Crippen MR) is 82.5 cm³/mol. The molecule has 0 bridgehead atoms. The minimum atomic E-state index is 0.296. The molecule has 3 nitrogen and oxygen atoms in total. The Labute approximate surface area is 122 Å². The number of hydrogen-bond donors (Lipinski definition) is 1. The third-order valence-electron chi connectivity index (χ3n) is 4.80. The van der Waals surface area contributed by atoms with Crippen LogP contribution in [0.3, 0.4) is 0 Å². The first kappa shape index (κ1) is 13.9. The maximum atomic E-state index is 5.57. The van der Waals surface area contributed by atoms with E-state index in [1.54, 1.807) is 0 Å². The summed E-state index contributed by atoms with van der Waals surface area (Å²) < 4.78 is 5.57. The molecule has 0 aliphatic carbocycles. The van der Waals surface area contributed by atoms with Gasteiger partial charge in [0.15, 0.2) is 0 Å². The van der Waals surface area contributed by atoms with Crippen LogP contribution in [-0.2, 0) is 12.8 Å². The van der Waals surface area contributed by atoms with Gasteiger partial charge in [0.1, 0.15) is 5.75 Å². The molecule has 1 N–H and O–H groups in total. The fourth-order valence-electron chi connectivity index (χ4n) is 3.25. The quantitative estimate of drug-likeness (QED) is 0.911. The van der Waals surface area contributed by atoms with Crippen LogP contribution in [0.4, 0.5) is 0 Å². The lowest BCUT2D eigenvalue weighted by Gasteiger charge is -2.41. The molecule has 1 aromatic rings. The van der Waals surface area contributed by atoms with Gasteiger partial charge in [-0.05, 0) is 37.0 Å². The van der Waals surface area contributed by atoms with E-state index in [1.165, 1.54) is 24.1 Å². The van der Waals surface area contributed by atoms with Gasteiger partial charge in [0.25, 0.3) is 0 Å². The lowest BCUT2D eigenvalue weighted by atomic mass is 9.95. The third-order valence-corrected chi connectivity index (χ3v) is 4.80. The lowest BCUT2D eigenvalue weighted by molar-refractivity contribution is 0.141. The average Bonchev–Trinajstić information content (AvgIpc) is 2.93. The highest BCUT2D eigenvalue weighted by molar-refractivity contribution is 5.39. The molecule has 2 heterocycles. The van der Waals surface area contributed by atoms with Crippen molar-refractivity contribution in [2.45, 2.75) is 38.6 Å². The summed E-state index contributed by atoms with van der Waals surface area (Å²) in [6.07, 6.45) is 3.41. The summed E-state index contributed by atoms with van der Waals surface area (Å²) in [5, 5.41) is 3.65. The van der Waals surface area contributed by atoms with Gasteiger partial charge in [-0.3, -0.25) is 4.90 Å². The van der Waals surface area contributed by atoms with Gasteiger partial charge in [0.05, 0.1) is 6.61 Å². The second-order valence-corrected chi connectivity index (χ2v) is 6.41. The molecule has 0 saturated carbocycles. The average molecular weight is 274 g/mol. The van der Waals surface area contributed by atoms with Crippen LogP contribution in [0.25, 0.3) is 0 Å². The van der Waals surface area contributed by atoms with Crippen LogP contribution in [0.2, 0.25) is 0 Å². The molecule has 0 radical (unpaired) electrons. The zero-order chi connectivity index (χ0) is 14.0. The molecule has 0 amide bonds. The maximum Gasteiger partial charge on any atom is 0.122 e. The summed E-state index contributed by atoms with van der Waals surface area (Å²) in [5.41, 5.74) is 3.14. The van der Waals surface area contributed by atoms with E-state index < -0.39 is 0 Å². The van der Waals surface area contributed by atoms with Crippen LogP contribution in [0, 0.1) is 0 Å². The van der Waals surface area contributed by atoms with Gasteiger partial charge in [0, 0.05) is 38.1 Å². The van der Waals surface area contributed by atoms with Crippen molar-refractivity contribution in [3.05, 3.63) is 29.3 Å². The minimum absolute atomic E-state index is 0.296. The first-order chi connectivity index (χ1) is 9.68. The smallest absolute Gasteiger partial charge is 0.122 e. The van der Waals surface area contributed by atoms with E-state index in [0.29, 0.717) is 5.54 Å². The van der Waals surface area contributed by atoms with Crippen molar-refractivity contribution >= 4 is 0 Å². The second kappa shape index (κ2) is 5.74. The summed E-state index contributed by atoms with van der Waals surface area (Å²) in [5.74, 6) is 1.09. The van der Waals surface area contributed by atoms with Crippen LogP contribution < -0.4 is 10.1 Å². The molecule has 1 unspecified atom stereocenters. The molecule has 0 spiro atoms. The van der Waals surface area contributed by atoms with E-state index in [1.807, 2.05) is 0 Å². The van der Waals surface area contributed by atoms with Crippen LogP contribution in [0.5, 0.6) is 5.75 Å². The van der Waals surface area contributed by atoms with Crippen LogP contribution in [-0.4, -0.2) is 43.2 Å². The number of nitrogens with zero attached hydrogens (tertiary/aromatic N) is 1. The number of nitrogens with one attached hydrogen (secondary N) is 1. The van der Waals surface area contributed by atoms with E-state index in [4.69, 9.17) is 4.74 Å². The van der Waals surface area contributed by atoms with Crippen molar-refractivity contribution in [3.8, 4) is 5.75 Å². The molecule has 1 atom stereocenters. The lowest BCUT2D eigenvalue weighted by Crippen LogP contribution is -2.58. The van der Waals surface area contributed by atoms with Gasteiger partial charge < -0.3 is 10.1 Å². The number of ether oxygens (including phenoxy) is 1. The highest BCUT2D eigenvalue weighted by Crippen LogP contribution is 2.26. The first-order valence-corrected chi connectivity index (χ1v) is 7.90. The van der Waals surface area contributed by atoms with E-state index in [0.717, 1.165) is 44.8 Å². The van der Waals surface area contributed by atoms with Crippen molar-refractivity contribution in [1.82, 2.24) is 10.2 Å². The number of hydrogen-bond acceptors (Lipinski definition) is 3. The van der Waals surface area contributed by atoms with Crippen molar-refractivity contribution in [1.29, 1.82) is 0 Å². The molecular weight excluding hydrogens is 248 g/mol. The second-order valence-electron chi connectivity index (χ2n) is 6.41. The SMILES string of the molecule is CCC1(C)CN(CCc2ccc3c(c2)CCO3)CCN1. The Morgan fingerprint density at radius 3 is 3.15 bits per heavy atom. The Bertz CT molecular complexity index is 474. The van der Waals surface area contributed by atoms with Crippen LogP contribution >= 0.6 is 0 Å². The fourth-order valence-corrected chi connectivity index (χ4v) is 3.25. The summed E-state index contributed by atoms with van der Waals surface area (Å²) in [6, 6.07) is 6.71. The Morgan fingerprint density at radius 1 is 1.40 bits per heavy atom. The summed E-state index contributed by atoms with van der Waals surface area (Å²) >= 11 is 0. The monoisotopic (exact) mass is 274 g/mol.